The molecule has 3 aromatic carbocycles. The van der Waals surface area contributed by atoms with Crippen LogP contribution in [0.5, 0.6) is 5.75 Å². The Morgan fingerprint density at radius 2 is 1.86 bits per heavy atom. The van der Waals surface area contributed by atoms with Crippen molar-refractivity contribution in [2.45, 2.75) is 45.5 Å². The van der Waals surface area contributed by atoms with Crippen LogP contribution in [0.15, 0.2) is 60.7 Å². The molecule has 1 fully saturated rings. The molecule has 0 aliphatic carbocycles. The van der Waals surface area contributed by atoms with Gasteiger partial charge in [-0.15, -0.1) is 0 Å². The van der Waals surface area contributed by atoms with Gasteiger partial charge in [-0.1, -0.05) is 54.6 Å². The lowest BCUT2D eigenvalue weighted by Crippen LogP contribution is -2.42. The van der Waals surface area contributed by atoms with Crippen LogP contribution in [0.25, 0.3) is 11.0 Å². The zero-order valence-corrected chi connectivity index (χ0v) is 20.9. The number of rotatable bonds is 6. The van der Waals surface area contributed by atoms with Gasteiger partial charge >= 0.3 is 0 Å². The summed E-state index contributed by atoms with van der Waals surface area (Å²) in [7, 11) is 1.99. The van der Waals surface area contributed by atoms with Gasteiger partial charge in [-0.25, -0.2) is 4.98 Å². The molecule has 184 valence electrons. The molecule has 1 saturated heterocycles. The van der Waals surface area contributed by atoms with Gasteiger partial charge in [-0.3, -0.25) is 4.79 Å². The normalized spacial score (nSPS) is 16.9. The third kappa shape index (κ3) is 4.05. The highest BCUT2D eigenvalue weighted by atomic mass is 16.5. The maximum Gasteiger partial charge on any atom is 0.254 e. The lowest BCUT2D eigenvalue weighted by molar-refractivity contribution is 0.0648. The Balaban J connectivity index is 1.32. The van der Waals surface area contributed by atoms with Gasteiger partial charge in [-0.05, 0) is 48.9 Å². The molecule has 1 atom stereocenters. The molecular formula is C30H31N3O3. The fourth-order valence-corrected chi connectivity index (χ4v) is 5.23. The lowest BCUT2D eigenvalue weighted by atomic mass is 9.91. The van der Waals surface area contributed by atoms with E-state index in [2.05, 4.69) is 30.3 Å². The quantitative estimate of drug-likeness (QED) is 0.364. The molecule has 0 N–H and O–H groups in total. The molecular weight excluding hydrogens is 450 g/mol. The first-order valence-corrected chi connectivity index (χ1v) is 12.7. The van der Waals surface area contributed by atoms with Gasteiger partial charge < -0.3 is 18.9 Å². The second-order valence-corrected chi connectivity index (χ2v) is 9.79. The van der Waals surface area contributed by atoms with Crippen molar-refractivity contribution in [3.8, 4) is 5.75 Å². The van der Waals surface area contributed by atoms with Crippen molar-refractivity contribution < 1.29 is 14.3 Å². The molecule has 0 spiro atoms. The second kappa shape index (κ2) is 9.43. The van der Waals surface area contributed by atoms with Crippen molar-refractivity contribution in [2.24, 2.45) is 7.05 Å². The minimum Gasteiger partial charge on any atom is -0.483 e. The Hall–Kier alpha value is -3.64. The summed E-state index contributed by atoms with van der Waals surface area (Å²) in [4.78, 5) is 20.1. The van der Waals surface area contributed by atoms with Crippen LogP contribution < -0.4 is 4.74 Å². The van der Waals surface area contributed by atoms with Gasteiger partial charge in [0, 0.05) is 31.3 Å². The molecule has 1 aromatic heterocycles. The first-order chi connectivity index (χ1) is 17.6. The Labute approximate surface area is 211 Å². The minimum absolute atomic E-state index is 0.106. The highest BCUT2D eigenvalue weighted by molar-refractivity contribution is 6.02. The number of hydrogen-bond donors (Lipinski definition) is 0. The standard InChI is InChI=1S/C30H31N3O3/c1-20-31-28-26(32(20)2)17-25(30(34)33-15-8-16-33)24-13-14-27(36-29(24)28)23-12-7-6-11-22(23)19-35-18-21-9-4-3-5-10-21/h3-7,9-12,17,27H,8,13-16,18-19H2,1-2H3/t27-/m0/s1. The molecule has 6 heteroatoms. The van der Waals surface area contributed by atoms with Crippen molar-refractivity contribution >= 4 is 16.9 Å². The molecule has 0 radical (unpaired) electrons. The van der Waals surface area contributed by atoms with Crippen molar-refractivity contribution in [3.05, 3.63) is 94.3 Å². The molecule has 4 aromatic rings. The third-order valence-corrected chi connectivity index (χ3v) is 7.52. The Bertz CT molecular complexity index is 1420. The Morgan fingerprint density at radius 1 is 1.08 bits per heavy atom. The van der Waals surface area contributed by atoms with Crippen LogP contribution >= 0.6 is 0 Å². The predicted octanol–water partition coefficient (Wildman–Crippen LogP) is 5.51. The summed E-state index contributed by atoms with van der Waals surface area (Å²) >= 11 is 0. The van der Waals surface area contributed by atoms with E-state index in [0.717, 1.165) is 82.8 Å². The fraction of sp³-hybridized carbons (Fsp3) is 0.333. The summed E-state index contributed by atoms with van der Waals surface area (Å²) in [5, 5.41) is 0. The largest absolute Gasteiger partial charge is 0.483 e. The smallest absolute Gasteiger partial charge is 0.254 e. The number of carbonyl (C=O) groups is 1. The summed E-state index contributed by atoms with van der Waals surface area (Å²) in [6, 6.07) is 20.6. The number of amides is 1. The van der Waals surface area contributed by atoms with Crippen molar-refractivity contribution in [3.63, 3.8) is 0 Å². The number of fused-ring (bicyclic) bond motifs is 3. The van der Waals surface area contributed by atoms with E-state index in [1.54, 1.807) is 0 Å². The molecule has 0 bridgehead atoms. The fourth-order valence-electron chi connectivity index (χ4n) is 5.23. The summed E-state index contributed by atoms with van der Waals surface area (Å²) < 4.78 is 14.8. The molecule has 6 nitrogen and oxygen atoms in total. The van der Waals surface area contributed by atoms with E-state index in [1.165, 1.54) is 0 Å². The molecule has 2 aliphatic rings. The van der Waals surface area contributed by atoms with Gasteiger partial charge in [0.15, 0.2) is 5.75 Å². The summed E-state index contributed by atoms with van der Waals surface area (Å²) in [5.41, 5.74) is 6.96. The van der Waals surface area contributed by atoms with E-state index in [-0.39, 0.29) is 12.0 Å². The molecule has 2 aliphatic heterocycles. The average molecular weight is 482 g/mol. The zero-order chi connectivity index (χ0) is 24.6. The lowest BCUT2D eigenvalue weighted by Gasteiger charge is -2.33. The van der Waals surface area contributed by atoms with Crippen LogP contribution in [0.1, 0.15) is 57.4 Å². The van der Waals surface area contributed by atoms with Crippen LogP contribution in [-0.4, -0.2) is 33.4 Å². The summed E-state index contributed by atoms with van der Waals surface area (Å²) in [5.74, 6) is 1.77. The second-order valence-electron chi connectivity index (χ2n) is 9.79. The zero-order valence-electron chi connectivity index (χ0n) is 20.9. The van der Waals surface area contributed by atoms with Crippen LogP contribution in [0.2, 0.25) is 0 Å². The van der Waals surface area contributed by atoms with Gasteiger partial charge in [-0.2, -0.15) is 0 Å². The molecule has 6 rings (SSSR count). The first kappa shape index (κ1) is 22.8. The van der Waals surface area contributed by atoms with Gasteiger partial charge in [0.05, 0.1) is 18.7 Å². The van der Waals surface area contributed by atoms with E-state index in [4.69, 9.17) is 14.5 Å². The van der Waals surface area contributed by atoms with Crippen LogP contribution in [0.3, 0.4) is 0 Å². The van der Waals surface area contributed by atoms with E-state index in [0.29, 0.717) is 13.2 Å². The molecule has 1 amide bonds. The first-order valence-electron chi connectivity index (χ1n) is 12.7. The van der Waals surface area contributed by atoms with Crippen molar-refractivity contribution in [2.75, 3.05) is 13.1 Å². The number of carbonyl (C=O) groups excluding carboxylic acids is 1. The number of aryl methyl sites for hydroxylation is 2. The van der Waals surface area contributed by atoms with Crippen LogP contribution in [-0.2, 0) is 31.4 Å². The molecule has 0 saturated carbocycles. The highest BCUT2D eigenvalue weighted by Crippen LogP contribution is 2.43. The predicted molar refractivity (Wildman–Crippen MR) is 139 cm³/mol. The summed E-state index contributed by atoms with van der Waals surface area (Å²) in [6.07, 6.45) is 2.54. The maximum atomic E-state index is 13.3. The van der Waals surface area contributed by atoms with Crippen LogP contribution in [0.4, 0.5) is 0 Å². The highest BCUT2D eigenvalue weighted by Gasteiger charge is 2.32. The molecule has 0 unspecified atom stereocenters. The van der Waals surface area contributed by atoms with E-state index >= 15 is 0 Å². The number of imidazole rings is 1. The number of ether oxygens (including phenoxy) is 2. The van der Waals surface area contributed by atoms with E-state index < -0.39 is 0 Å². The number of likely N-dealkylation sites (tertiary alicyclic amines) is 1. The molecule has 3 heterocycles. The van der Waals surface area contributed by atoms with Crippen molar-refractivity contribution in [1.29, 1.82) is 0 Å². The number of hydrogen-bond acceptors (Lipinski definition) is 4. The van der Waals surface area contributed by atoms with Gasteiger partial charge in [0.2, 0.25) is 0 Å². The topological polar surface area (TPSA) is 56.6 Å². The van der Waals surface area contributed by atoms with Crippen LogP contribution in [0, 0.1) is 6.92 Å². The maximum absolute atomic E-state index is 13.3. The number of aromatic nitrogens is 2. The van der Waals surface area contributed by atoms with E-state index in [9.17, 15) is 4.79 Å². The van der Waals surface area contributed by atoms with E-state index in [1.807, 2.05) is 53.8 Å². The van der Waals surface area contributed by atoms with Gasteiger partial charge in [0.25, 0.3) is 5.91 Å². The van der Waals surface area contributed by atoms with Crippen molar-refractivity contribution in [1.82, 2.24) is 14.5 Å². The Morgan fingerprint density at radius 3 is 2.64 bits per heavy atom. The minimum atomic E-state index is -0.117. The monoisotopic (exact) mass is 481 g/mol. The third-order valence-electron chi connectivity index (χ3n) is 7.52. The summed E-state index contributed by atoms with van der Waals surface area (Å²) in [6.45, 7) is 4.73. The average Bonchev–Trinajstić information content (AvgIpc) is 3.16. The number of benzene rings is 3. The SMILES string of the molecule is Cc1nc2c3c(c(C(=O)N4CCC4)cc2n1C)CC[C@@H](c1ccccc1COCc1ccccc1)O3. The molecule has 36 heavy (non-hydrogen) atoms. The van der Waals surface area contributed by atoms with Gasteiger partial charge in [0.1, 0.15) is 17.4 Å². The number of nitrogens with zero attached hydrogens (tertiary/aromatic N) is 3. The Kier molecular flexibility index (Phi) is 5.97.